The van der Waals surface area contributed by atoms with E-state index in [1.165, 1.54) is 6.08 Å². The third kappa shape index (κ3) is 6.62. The summed E-state index contributed by atoms with van der Waals surface area (Å²) in [5, 5.41) is 0. The molecule has 3 heteroatoms. The normalized spacial score (nSPS) is 13.4. The molecule has 0 bridgehead atoms. The Morgan fingerprint density at radius 2 is 1.55 bits per heavy atom. The summed E-state index contributed by atoms with van der Waals surface area (Å²) in [5.74, 6) is 0. The molecule has 0 heterocycles. The fourth-order valence-electron chi connectivity index (χ4n) is 3.57. The van der Waals surface area contributed by atoms with E-state index in [1.807, 2.05) is 53.7 Å². The molecule has 0 saturated carbocycles. The summed E-state index contributed by atoms with van der Waals surface area (Å²) in [6.07, 6.45) is 1.16. The van der Waals surface area contributed by atoms with Gasteiger partial charge in [0.2, 0.25) is 0 Å². The highest BCUT2D eigenvalue weighted by Gasteiger charge is 2.37. The van der Waals surface area contributed by atoms with Gasteiger partial charge in [0.25, 0.3) is 0 Å². The molecule has 0 nitrogen and oxygen atoms in total. The summed E-state index contributed by atoms with van der Waals surface area (Å²) in [5.41, 5.74) is 5.96. The largest absolute Gasteiger partial charge is 0.417 e. The Morgan fingerprint density at radius 1 is 0.931 bits per heavy atom. The first kappa shape index (κ1) is 25.3. The van der Waals surface area contributed by atoms with Crippen molar-refractivity contribution in [2.45, 2.75) is 93.7 Å². The van der Waals surface area contributed by atoms with E-state index < -0.39 is 11.7 Å². The maximum absolute atomic E-state index is 14.4. The quantitative estimate of drug-likeness (QED) is 0.377. The molecule has 1 aromatic carbocycles. The number of alkyl halides is 3. The second-order valence-electron chi connectivity index (χ2n) is 8.29. The van der Waals surface area contributed by atoms with Crippen molar-refractivity contribution in [3.05, 3.63) is 57.2 Å². The Bertz CT molecular complexity index is 798. The molecule has 0 spiro atoms. The molecule has 0 aromatic heterocycles. The minimum atomic E-state index is -4.42. The number of rotatable bonds is 8. The molecule has 0 saturated heterocycles. The number of hydrogen-bond donors (Lipinski definition) is 0. The van der Waals surface area contributed by atoms with Crippen LogP contribution in [0.25, 0.3) is 11.1 Å². The van der Waals surface area contributed by atoms with Crippen LogP contribution in [0.15, 0.2) is 34.9 Å². The minimum Gasteiger partial charge on any atom is -0.166 e. The van der Waals surface area contributed by atoms with Gasteiger partial charge in [-0.3, -0.25) is 0 Å². The van der Waals surface area contributed by atoms with E-state index in [0.717, 1.165) is 59.1 Å². The van der Waals surface area contributed by atoms with Gasteiger partial charge in [0.1, 0.15) is 0 Å². The molecule has 29 heavy (non-hydrogen) atoms. The van der Waals surface area contributed by atoms with Gasteiger partial charge in [-0.2, -0.15) is 13.2 Å². The number of unbranched alkanes of at least 4 members (excludes halogenated alkanes) is 1. The van der Waals surface area contributed by atoms with Crippen molar-refractivity contribution in [2.75, 3.05) is 0 Å². The van der Waals surface area contributed by atoms with Crippen molar-refractivity contribution in [3.63, 3.8) is 0 Å². The maximum Gasteiger partial charge on any atom is 0.417 e. The molecular formula is C26H37F3. The molecule has 0 radical (unpaired) electrons. The third-order valence-corrected chi connectivity index (χ3v) is 5.66. The van der Waals surface area contributed by atoms with Gasteiger partial charge in [-0.05, 0) is 94.7 Å². The summed E-state index contributed by atoms with van der Waals surface area (Å²) in [7, 11) is 0. The van der Waals surface area contributed by atoms with Gasteiger partial charge in [0, 0.05) is 0 Å². The summed E-state index contributed by atoms with van der Waals surface area (Å²) in [6, 6.07) is 3.86. The first-order valence-electron chi connectivity index (χ1n) is 10.7. The van der Waals surface area contributed by atoms with Crippen molar-refractivity contribution < 1.29 is 13.2 Å². The van der Waals surface area contributed by atoms with Crippen LogP contribution in [0.5, 0.6) is 0 Å². The highest BCUT2D eigenvalue weighted by molar-refractivity contribution is 5.86. The predicted molar refractivity (Wildman–Crippen MR) is 121 cm³/mol. The van der Waals surface area contributed by atoms with Crippen LogP contribution in [0.4, 0.5) is 13.2 Å². The summed E-state index contributed by atoms with van der Waals surface area (Å²) in [6.45, 7) is 15.6. The zero-order chi connectivity index (χ0) is 22.4. The van der Waals surface area contributed by atoms with Crippen LogP contribution in [0, 0.1) is 6.92 Å². The van der Waals surface area contributed by atoms with Crippen molar-refractivity contribution in [2.24, 2.45) is 0 Å². The van der Waals surface area contributed by atoms with Crippen molar-refractivity contribution in [1.82, 2.24) is 0 Å². The Labute approximate surface area is 175 Å². The second kappa shape index (κ2) is 10.8. The van der Waals surface area contributed by atoms with Crippen LogP contribution in [0.3, 0.4) is 0 Å². The van der Waals surface area contributed by atoms with E-state index in [9.17, 15) is 13.2 Å². The summed E-state index contributed by atoms with van der Waals surface area (Å²) < 4.78 is 43.2. The van der Waals surface area contributed by atoms with E-state index >= 15 is 0 Å². The van der Waals surface area contributed by atoms with Crippen LogP contribution in [0.2, 0.25) is 0 Å². The standard InChI is InChI=1S/C26H37F3/c1-9-11-13-22-15-14-19(6)24(21(8)17(3)4)25(22)23(26(27,28)29)16-20(7)18(5)12-10-2/h14-16H,9-13H2,1-8H3/b20-18-,23-16+. The van der Waals surface area contributed by atoms with E-state index in [0.29, 0.717) is 17.6 Å². The number of allylic oxidation sites excluding steroid dienone is 6. The zero-order valence-electron chi connectivity index (χ0n) is 19.4. The Morgan fingerprint density at radius 3 is 2.03 bits per heavy atom. The number of halogens is 3. The summed E-state index contributed by atoms with van der Waals surface area (Å²) in [4.78, 5) is 0. The molecule has 0 atom stereocenters. The molecule has 0 amide bonds. The van der Waals surface area contributed by atoms with Crippen molar-refractivity contribution in [3.8, 4) is 0 Å². The van der Waals surface area contributed by atoms with Crippen LogP contribution in [0.1, 0.15) is 96.4 Å². The lowest BCUT2D eigenvalue weighted by atomic mass is 9.83. The summed E-state index contributed by atoms with van der Waals surface area (Å²) >= 11 is 0. The minimum absolute atomic E-state index is 0.369. The van der Waals surface area contributed by atoms with E-state index in [2.05, 4.69) is 6.92 Å². The third-order valence-electron chi connectivity index (χ3n) is 5.66. The number of benzene rings is 1. The molecular weight excluding hydrogens is 369 g/mol. The van der Waals surface area contributed by atoms with Gasteiger partial charge in [-0.25, -0.2) is 0 Å². The van der Waals surface area contributed by atoms with Gasteiger partial charge in [-0.1, -0.05) is 55.5 Å². The zero-order valence-corrected chi connectivity index (χ0v) is 19.4. The highest BCUT2D eigenvalue weighted by Crippen LogP contribution is 2.42. The molecule has 0 unspecified atom stereocenters. The molecule has 0 N–H and O–H groups in total. The lowest BCUT2D eigenvalue weighted by Gasteiger charge is -2.23. The average molecular weight is 407 g/mol. The number of aryl methyl sites for hydroxylation is 2. The number of hydrogen-bond acceptors (Lipinski definition) is 0. The van der Waals surface area contributed by atoms with E-state index in [1.54, 1.807) is 6.92 Å². The molecule has 1 rings (SSSR count). The smallest absolute Gasteiger partial charge is 0.166 e. The van der Waals surface area contributed by atoms with Gasteiger partial charge in [0.05, 0.1) is 5.57 Å². The molecule has 0 fully saturated rings. The fraction of sp³-hybridized carbons (Fsp3) is 0.538. The first-order valence-corrected chi connectivity index (χ1v) is 10.7. The van der Waals surface area contributed by atoms with Gasteiger partial charge in [0.15, 0.2) is 0 Å². The Hall–Kier alpha value is -1.77. The Kier molecular flexibility index (Phi) is 9.45. The van der Waals surface area contributed by atoms with Crippen LogP contribution in [-0.4, -0.2) is 6.18 Å². The molecule has 162 valence electrons. The van der Waals surface area contributed by atoms with Gasteiger partial charge in [-0.15, -0.1) is 0 Å². The van der Waals surface area contributed by atoms with Gasteiger partial charge >= 0.3 is 6.18 Å². The maximum atomic E-state index is 14.4. The first-order chi connectivity index (χ1) is 13.4. The van der Waals surface area contributed by atoms with E-state index in [4.69, 9.17) is 0 Å². The SMILES string of the molecule is CCCCc1ccc(C)c(C(C)=C(C)C)c1/C(=C\C(C)=C(\C)CCC)C(F)(F)F. The topological polar surface area (TPSA) is 0 Å². The molecule has 0 aliphatic carbocycles. The van der Waals surface area contributed by atoms with Crippen LogP contribution < -0.4 is 0 Å². The fourth-order valence-corrected chi connectivity index (χ4v) is 3.57. The highest BCUT2D eigenvalue weighted by atomic mass is 19.4. The molecule has 0 aliphatic heterocycles. The lowest BCUT2D eigenvalue weighted by molar-refractivity contribution is -0.0690. The van der Waals surface area contributed by atoms with E-state index in [-0.39, 0.29) is 0 Å². The average Bonchev–Trinajstić information content (AvgIpc) is 2.63. The Balaban J connectivity index is 3.99. The molecule has 1 aromatic rings. The second-order valence-corrected chi connectivity index (χ2v) is 8.29. The predicted octanol–water partition coefficient (Wildman–Crippen LogP) is 9.23. The monoisotopic (exact) mass is 406 g/mol. The van der Waals surface area contributed by atoms with Crippen molar-refractivity contribution in [1.29, 1.82) is 0 Å². The van der Waals surface area contributed by atoms with Crippen molar-refractivity contribution >= 4 is 11.1 Å². The molecule has 0 aliphatic rings. The van der Waals surface area contributed by atoms with Gasteiger partial charge < -0.3 is 0 Å². The lowest BCUT2D eigenvalue weighted by Crippen LogP contribution is -2.15. The van der Waals surface area contributed by atoms with Crippen LogP contribution in [-0.2, 0) is 6.42 Å². The van der Waals surface area contributed by atoms with Crippen LogP contribution >= 0.6 is 0 Å².